The first-order chi connectivity index (χ1) is 34.5. The van der Waals surface area contributed by atoms with E-state index in [1.54, 1.807) is 6.08 Å². The predicted molar refractivity (Wildman–Crippen MR) is 306 cm³/mol. The van der Waals surface area contributed by atoms with Crippen LogP contribution in [0.4, 0.5) is 0 Å². The van der Waals surface area contributed by atoms with Gasteiger partial charge in [0.25, 0.3) is 0 Å². The summed E-state index contributed by atoms with van der Waals surface area (Å²) in [7, 11) is 0. The Labute approximate surface area is 436 Å². The van der Waals surface area contributed by atoms with Crippen LogP contribution < -0.4 is 5.32 Å². The number of rotatable bonds is 57. The quantitative estimate of drug-likeness (QED) is 0.0321. The summed E-state index contributed by atoms with van der Waals surface area (Å²) in [6.07, 6.45) is 75.7. The summed E-state index contributed by atoms with van der Waals surface area (Å²) in [6, 6.07) is -0.639. The molecule has 0 heterocycles. The fourth-order valence-electron chi connectivity index (χ4n) is 9.31. The van der Waals surface area contributed by atoms with E-state index in [9.17, 15) is 19.8 Å². The molecule has 0 radical (unpaired) electrons. The van der Waals surface area contributed by atoms with E-state index in [4.69, 9.17) is 4.74 Å². The molecule has 1 amide bonds. The number of carbonyl (C=O) groups excluding carboxylic acids is 2. The molecule has 0 aliphatic carbocycles. The standard InChI is InChI=1S/C64H119NO5/c1-3-5-7-9-11-13-15-17-18-19-20-21-22-23-24-26-29-33-36-40-44-48-52-56-62(67)61(60-66)65-63(68)57-53-49-45-41-37-34-30-27-25-28-31-35-39-43-47-51-55-59-70-64(69)58-54-50-46-42-38-32-16-14-12-10-8-6-4-2/h8,10,14,16,25,28,52,56,61-62,66-67H,3-7,9,11-13,15,17-24,26-27,29-51,53-55,57-60H2,1-2H3,(H,65,68)/b10-8-,16-14-,28-25-,56-52+. The van der Waals surface area contributed by atoms with Crippen LogP contribution in [0.2, 0.25) is 0 Å². The number of carbonyl (C=O) groups is 2. The van der Waals surface area contributed by atoms with Gasteiger partial charge in [0.2, 0.25) is 5.91 Å². The lowest BCUT2D eigenvalue weighted by Gasteiger charge is -2.20. The van der Waals surface area contributed by atoms with Gasteiger partial charge in [0, 0.05) is 12.8 Å². The predicted octanol–water partition coefficient (Wildman–Crippen LogP) is 19.4. The zero-order valence-electron chi connectivity index (χ0n) is 46.7. The van der Waals surface area contributed by atoms with Crippen molar-refractivity contribution in [1.82, 2.24) is 5.32 Å². The van der Waals surface area contributed by atoms with E-state index in [1.807, 2.05) is 6.08 Å². The van der Waals surface area contributed by atoms with Crippen LogP contribution in [0.25, 0.3) is 0 Å². The summed E-state index contributed by atoms with van der Waals surface area (Å²) in [5, 5.41) is 23.2. The third-order valence-electron chi connectivity index (χ3n) is 14.0. The average molecular weight is 983 g/mol. The first-order valence-corrected chi connectivity index (χ1v) is 30.9. The summed E-state index contributed by atoms with van der Waals surface area (Å²) in [4.78, 5) is 24.5. The lowest BCUT2D eigenvalue weighted by molar-refractivity contribution is -0.143. The molecule has 2 atom stereocenters. The highest BCUT2D eigenvalue weighted by Gasteiger charge is 2.18. The van der Waals surface area contributed by atoms with Gasteiger partial charge in [-0.25, -0.2) is 0 Å². The smallest absolute Gasteiger partial charge is 0.305 e. The minimum Gasteiger partial charge on any atom is -0.466 e. The van der Waals surface area contributed by atoms with Crippen molar-refractivity contribution < 1.29 is 24.5 Å². The molecule has 0 bridgehead atoms. The molecule has 0 spiro atoms. The van der Waals surface area contributed by atoms with Crippen LogP contribution in [0.15, 0.2) is 48.6 Å². The normalized spacial score (nSPS) is 12.9. The fraction of sp³-hybridized carbons (Fsp3) is 0.844. The van der Waals surface area contributed by atoms with E-state index in [0.29, 0.717) is 19.4 Å². The van der Waals surface area contributed by atoms with E-state index in [0.717, 1.165) is 70.6 Å². The first-order valence-electron chi connectivity index (χ1n) is 30.9. The Morgan fingerprint density at radius 3 is 1.16 bits per heavy atom. The summed E-state index contributed by atoms with van der Waals surface area (Å²) in [5.41, 5.74) is 0. The molecule has 0 fully saturated rings. The van der Waals surface area contributed by atoms with Gasteiger partial charge in [-0.05, 0) is 83.5 Å². The van der Waals surface area contributed by atoms with Gasteiger partial charge in [-0.1, -0.05) is 274 Å². The van der Waals surface area contributed by atoms with Crippen LogP contribution in [-0.2, 0) is 14.3 Å². The summed E-state index contributed by atoms with van der Waals surface area (Å²) < 4.78 is 5.45. The highest BCUT2D eigenvalue weighted by molar-refractivity contribution is 5.76. The fourth-order valence-corrected chi connectivity index (χ4v) is 9.31. The third-order valence-corrected chi connectivity index (χ3v) is 14.0. The van der Waals surface area contributed by atoms with E-state index in [-0.39, 0.29) is 18.5 Å². The lowest BCUT2D eigenvalue weighted by atomic mass is 10.0. The second kappa shape index (κ2) is 59.4. The van der Waals surface area contributed by atoms with Crippen molar-refractivity contribution in [3.8, 4) is 0 Å². The third kappa shape index (κ3) is 55.1. The average Bonchev–Trinajstić information content (AvgIpc) is 3.36. The molecule has 6 nitrogen and oxygen atoms in total. The Morgan fingerprint density at radius 2 is 0.743 bits per heavy atom. The molecule has 70 heavy (non-hydrogen) atoms. The van der Waals surface area contributed by atoms with E-state index in [2.05, 4.69) is 55.6 Å². The minimum atomic E-state index is -0.855. The molecule has 410 valence electrons. The number of aliphatic hydroxyl groups excluding tert-OH is 2. The number of nitrogens with one attached hydrogen (secondary N) is 1. The summed E-state index contributed by atoms with van der Waals surface area (Å²) in [5.74, 6) is -0.0967. The van der Waals surface area contributed by atoms with Gasteiger partial charge >= 0.3 is 5.97 Å². The maximum Gasteiger partial charge on any atom is 0.305 e. The van der Waals surface area contributed by atoms with Crippen molar-refractivity contribution in [2.24, 2.45) is 0 Å². The highest BCUT2D eigenvalue weighted by atomic mass is 16.5. The number of unbranched alkanes of at least 4 members (excludes halogenated alkanes) is 40. The molecule has 0 saturated heterocycles. The molecular weight excluding hydrogens is 863 g/mol. The largest absolute Gasteiger partial charge is 0.466 e. The molecule has 0 aromatic heterocycles. The monoisotopic (exact) mass is 982 g/mol. The number of amides is 1. The molecule has 0 aliphatic rings. The van der Waals surface area contributed by atoms with Crippen molar-refractivity contribution in [3.05, 3.63) is 48.6 Å². The van der Waals surface area contributed by atoms with Gasteiger partial charge in [0.05, 0.1) is 25.4 Å². The topological polar surface area (TPSA) is 95.9 Å². The van der Waals surface area contributed by atoms with Gasteiger partial charge in [0.15, 0.2) is 0 Å². The van der Waals surface area contributed by atoms with Crippen LogP contribution in [-0.4, -0.2) is 47.4 Å². The molecule has 0 aliphatic heterocycles. The van der Waals surface area contributed by atoms with Gasteiger partial charge in [-0.3, -0.25) is 9.59 Å². The van der Waals surface area contributed by atoms with Crippen molar-refractivity contribution >= 4 is 11.9 Å². The van der Waals surface area contributed by atoms with Crippen molar-refractivity contribution in [1.29, 1.82) is 0 Å². The molecule has 0 aromatic carbocycles. The van der Waals surface area contributed by atoms with Gasteiger partial charge < -0.3 is 20.3 Å². The van der Waals surface area contributed by atoms with Gasteiger partial charge in [-0.15, -0.1) is 0 Å². The SMILES string of the molecule is CCC/C=C\C/C=C\CCCCCCCC(=O)OCCCCCCCC/C=C\CCCCCCCCCC(=O)NC(CO)C(O)/C=C/CCCCCCCCCCCCCCCCCCCCCCC. The van der Waals surface area contributed by atoms with Crippen LogP contribution in [0.1, 0.15) is 322 Å². The lowest BCUT2D eigenvalue weighted by Crippen LogP contribution is -2.45. The molecular formula is C64H119NO5. The Hall–Kier alpha value is -2.18. The van der Waals surface area contributed by atoms with Gasteiger partial charge in [0.1, 0.15) is 0 Å². The van der Waals surface area contributed by atoms with Crippen molar-refractivity contribution in [2.75, 3.05) is 13.2 Å². The number of hydrogen-bond donors (Lipinski definition) is 3. The Balaban J connectivity index is 3.50. The van der Waals surface area contributed by atoms with Crippen LogP contribution in [0, 0.1) is 0 Å². The molecule has 0 aromatic rings. The van der Waals surface area contributed by atoms with Gasteiger partial charge in [-0.2, -0.15) is 0 Å². The second-order valence-corrected chi connectivity index (χ2v) is 21.0. The number of ether oxygens (including phenoxy) is 1. The van der Waals surface area contributed by atoms with Crippen LogP contribution >= 0.6 is 0 Å². The van der Waals surface area contributed by atoms with Crippen molar-refractivity contribution in [2.45, 2.75) is 334 Å². The second-order valence-electron chi connectivity index (χ2n) is 21.0. The minimum absolute atomic E-state index is 0.0182. The Bertz CT molecular complexity index is 1180. The highest BCUT2D eigenvalue weighted by Crippen LogP contribution is 2.17. The molecule has 0 saturated carbocycles. The zero-order chi connectivity index (χ0) is 50.7. The molecule has 0 rings (SSSR count). The maximum atomic E-state index is 12.5. The number of esters is 1. The molecule has 3 N–H and O–H groups in total. The molecule has 2 unspecified atom stereocenters. The van der Waals surface area contributed by atoms with Crippen LogP contribution in [0.5, 0.6) is 0 Å². The van der Waals surface area contributed by atoms with E-state index < -0.39 is 12.1 Å². The van der Waals surface area contributed by atoms with E-state index >= 15 is 0 Å². The number of hydrogen-bond acceptors (Lipinski definition) is 5. The number of allylic oxidation sites excluding steroid dienone is 7. The Morgan fingerprint density at radius 1 is 0.400 bits per heavy atom. The summed E-state index contributed by atoms with van der Waals surface area (Å²) in [6.45, 7) is 4.83. The maximum absolute atomic E-state index is 12.5. The van der Waals surface area contributed by atoms with Crippen molar-refractivity contribution in [3.63, 3.8) is 0 Å². The summed E-state index contributed by atoms with van der Waals surface area (Å²) >= 11 is 0. The molecule has 6 heteroatoms. The number of aliphatic hydroxyl groups is 2. The first kappa shape index (κ1) is 67.8. The van der Waals surface area contributed by atoms with Crippen LogP contribution in [0.3, 0.4) is 0 Å². The zero-order valence-corrected chi connectivity index (χ0v) is 46.7. The Kier molecular flexibility index (Phi) is 57.5. The van der Waals surface area contributed by atoms with E-state index in [1.165, 1.54) is 225 Å².